The van der Waals surface area contributed by atoms with Crippen molar-refractivity contribution >= 4 is 41.5 Å². The Morgan fingerprint density at radius 2 is 0.929 bits per heavy atom. The van der Waals surface area contributed by atoms with Crippen molar-refractivity contribution in [1.82, 2.24) is 0 Å². The number of hydrogen-bond donors (Lipinski definition) is 0. The van der Waals surface area contributed by atoms with E-state index in [2.05, 4.69) is 106 Å². The summed E-state index contributed by atoms with van der Waals surface area (Å²) in [6, 6.07) is 33.2. The van der Waals surface area contributed by atoms with Crippen molar-refractivity contribution in [3.8, 4) is 0 Å². The van der Waals surface area contributed by atoms with Gasteiger partial charge in [0.05, 0.1) is 27.4 Å². The van der Waals surface area contributed by atoms with E-state index in [0.717, 1.165) is 39.3 Å². The summed E-state index contributed by atoms with van der Waals surface area (Å²) in [6.45, 7) is 2.57. The van der Waals surface area contributed by atoms with E-state index in [4.69, 9.17) is 9.47 Å². The molecule has 0 radical (unpaired) electrons. The Morgan fingerprint density at radius 1 is 0.571 bits per heavy atom. The molecule has 4 aromatic carbocycles. The Hall–Kier alpha value is -5.04. The summed E-state index contributed by atoms with van der Waals surface area (Å²) in [7, 11) is 2.59. The molecule has 7 nitrogen and oxygen atoms in total. The minimum Gasteiger partial charge on any atom is -0.438 e. The lowest BCUT2D eigenvalue weighted by molar-refractivity contribution is 0.0727. The second-order valence-electron chi connectivity index (χ2n) is 9.61. The molecule has 0 N–H and O–H groups in total. The van der Waals surface area contributed by atoms with Crippen LogP contribution in [0.2, 0.25) is 0 Å². The molecule has 0 heterocycles. The minimum absolute atomic E-state index is 0.245. The molecule has 0 aliphatic heterocycles. The Labute approximate surface area is 246 Å². The van der Waals surface area contributed by atoms with Crippen LogP contribution < -0.4 is 4.90 Å². The molecule has 0 aliphatic carbocycles. The van der Waals surface area contributed by atoms with Gasteiger partial charge in [0.2, 0.25) is 0 Å². The SMILES string of the molecule is COC(=O)OCCc1ccc(N(c2ccc(C=Cc3ccc(C)cc3)cc2)c2ccc(CCOC(=O)OC)cc2)cc1. The molecule has 0 amide bonds. The van der Waals surface area contributed by atoms with E-state index >= 15 is 0 Å². The summed E-state index contributed by atoms with van der Waals surface area (Å²) in [6.07, 6.45) is 4.01. The summed E-state index contributed by atoms with van der Waals surface area (Å²) in [4.78, 5) is 24.7. The van der Waals surface area contributed by atoms with Crippen LogP contribution in [0.25, 0.3) is 12.2 Å². The molecule has 4 aromatic rings. The smallest absolute Gasteiger partial charge is 0.438 e. The van der Waals surface area contributed by atoms with Gasteiger partial charge in [0.15, 0.2) is 0 Å². The van der Waals surface area contributed by atoms with Gasteiger partial charge in [-0.3, -0.25) is 0 Å². The van der Waals surface area contributed by atoms with Gasteiger partial charge in [-0.05, 0) is 65.6 Å². The van der Waals surface area contributed by atoms with Crippen LogP contribution in [0.3, 0.4) is 0 Å². The number of anilines is 3. The van der Waals surface area contributed by atoms with Gasteiger partial charge in [-0.1, -0.05) is 78.4 Å². The Kier molecular flexibility index (Phi) is 10.8. The third-order valence-electron chi connectivity index (χ3n) is 6.64. The summed E-state index contributed by atoms with van der Waals surface area (Å²) in [5.41, 5.74) is 8.55. The predicted octanol–water partition coefficient (Wildman–Crippen LogP) is 8.29. The number of ether oxygens (including phenoxy) is 4. The standard InChI is InChI=1S/C35H35NO6/c1-26-4-6-27(7-5-26)8-9-28-10-16-31(17-11-28)36(32-18-12-29(13-19-32)22-24-41-34(37)39-2)33-20-14-30(15-21-33)23-25-42-35(38)40-3/h4-21H,22-25H2,1-3H3. The molecule has 0 aromatic heterocycles. The first-order valence-electron chi connectivity index (χ1n) is 13.7. The zero-order valence-corrected chi connectivity index (χ0v) is 24.1. The number of benzene rings is 4. The fourth-order valence-corrected chi connectivity index (χ4v) is 4.30. The van der Waals surface area contributed by atoms with Crippen molar-refractivity contribution < 1.29 is 28.5 Å². The zero-order valence-electron chi connectivity index (χ0n) is 24.1. The number of carbonyl (C=O) groups excluding carboxylic acids is 2. The minimum atomic E-state index is -0.685. The fourth-order valence-electron chi connectivity index (χ4n) is 4.30. The maximum Gasteiger partial charge on any atom is 0.507 e. The normalized spacial score (nSPS) is 10.7. The molecule has 0 spiro atoms. The van der Waals surface area contributed by atoms with E-state index < -0.39 is 12.3 Å². The molecule has 0 saturated heterocycles. The van der Waals surface area contributed by atoms with Gasteiger partial charge in [0.25, 0.3) is 0 Å². The van der Waals surface area contributed by atoms with Gasteiger partial charge < -0.3 is 23.8 Å². The van der Waals surface area contributed by atoms with Crippen LogP contribution in [-0.2, 0) is 31.8 Å². The first-order valence-corrected chi connectivity index (χ1v) is 13.7. The highest BCUT2D eigenvalue weighted by Gasteiger charge is 2.13. The van der Waals surface area contributed by atoms with E-state index in [9.17, 15) is 9.59 Å². The number of nitrogens with zero attached hydrogens (tertiary/aromatic N) is 1. The Morgan fingerprint density at radius 3 is 1.31 bits per heavy atom. The molecule has 0 atom stereocenters. The van der Waals surface area contributed by atoms with E-state index in [1.807, 2.05) is 24.3 Å². The fraction of sp³-hybridized carbons (Fsp3) is 0.200. The van der Waals surface area contributed by atoms with Gasteiger partial charge in [-0.2, -0.15) is 0 Å². The van der Waals surface area contributed by atoms with Crippen molar-refractivity contribution in [2.75, 3.05) is 32.3 Å². The summed E-state index contributed by atoms with van der Waals surface area (Å²) >= 11 is 0. The first kappa shape index (κ1) is 29.9. The molecule has 0 bridgehead atoms. The second kappa shape index (κ2) is 15.1. The second-order valence-corrected chi connectivity index (χ2v) is 9.61. The molecule has 0 saturated carbocycles. The number of hydrogen-bond acceptors (Lipinski definition) is 7. The van der Waals surface area contributed by atoms with Gasteiger partial charge in [0, 0.05) is 29.9 Å². The summed E-state index contributed by atoms with van der Waals surface area (Å²) in [5, 5.41) is 0. The number of rotatable bonds is 11. The van der Waals surface area contributed by atoms with Crippen LogP contribution in [0.4, 0.5) is 26.7 Å². The largest absolute Gasteiger partial charge is 0.507 e. The van der Waals surface area contributed by atoms with Crippen LogP contribution in [0.15, 0.2) is 97.1 Å². The van der Waals surface area contributed by atoms with E-state index in [1.54, 1.807) is 0 Å². The summed E-state index contributed by atoms with van der Waals surface area (Å²) < 4.78 is 19.1. The highest BCUT2D eigenvalue weighted by Crippen LogP contribution is 2.35. The molecule has 0 unspecified atom stereocenters. The molecule has 0 aliphatic rings. The molecule has 4 rings (SSSR count). The van der Waals surface area contributed by atoms with Crippen LogP contribution in [0.1, 0.15) is 27.8 Å². The predicted molar refractivity (Wildman–Crippen MR) is 165 cm³/mol. The van der Waals surface area contributed by atoms with Crippen molar-refractivity contribution in [3.05, 3.63) is 125 Å². The first-order chi connectivity index (χ1) is 20.4. The third kappa shape index (κ3) is 8.73. The van der Waals surface area contributed by atoms with E-state index in [-0.39, 0.29) is 13.2 Å². The monoisotopic (exact) mass is 565 g/mol. The summed E-state index contributed by atoms with van der Waals surface area (Å²) in [5.74, 6) is 0. The van der Waals surface area contributed by atoms with Gasteiger partial charge in [-0.25, -0.2) is 9.59 Å². The number of methoxy groups -OCH3 is 2. The average Bonchev–Trinajstić information content (AvgIpc) is 3.02. The third-order valence-corrected chi connectivity index (χ3v) is 6.64. The Balaban J connectivity index is 1.54. The quantitative estimate of drug-likeness (QED) is 0.134. The Bertz CT molecular complexity index is 1390. The molecular formula is C35H35NO6. The van der Waals surface area contributed by atoms with Crippen molar-refractivity contribution in [1.29, 1.82) is 0 Å². The molecule has 7 heteroatoms. The van der Waals surface area contributed by atoms with Gasteiger partial charge in [-0.15, -0.1) is 0 Å². The van der Waals surface area contributed by atoms with Gasteiger partial charge >= 0.3 is 12.3 Å². The molecule has 42 heavy (non-hydrogen) atoms. The van der Waals surface area contributed by atoms with E-state index in [1.165, 1.54) is 19.8 Å². The average molecular weight is 566 g/mol. The lowest BCUT2D eigenvalue weighted by Crippen LogP contribution is -2.11. The van der Waals surface area contributed by atoms with Crippen LogP contribution >= 0.6 is 0 Å². The maximum atomic E-state index is 11.3. The van der Waals surface area contributed by atoms with Crippen molar-refractivity contribution in [2.45, 2.75) is 19.8 Å². The van der Waals surface area contributed by atoms with Gasteiger partial charge in [0.1, 0.15) is 0 Å². The zero-order chi connectivity index (χ0) is 29.7. The lowest BCUT2D eigenvalue weighted by Gasteiger charge is -2.26. The highest BCUT2D eigenvalue weighted by molar-refractivity contribution is 5.78. The van der Waals surface area contributed by atoms with Crippen LogP contribution in [-0.4, -0.2) is 39.7 Å². The van der Waals surface area contributed by atoms with Crippen molar-refractivity contribution in [3.63, 3.8) is 0 Å². The highest BCUT2D eigenvalue weighted by atomic mass is 16.7. The maximum absolute atomic E-state index is 11.3. The number of carbonyl (C=O) groups is 2. The molecule has 0 fully saturated rings. The van der Waals surface area contributed by atoms with E-state index in [0.29, 0.717) is 12.8 Å². The number of aryl methyl sites for hydroxylation is 1. The molecule has 216 valence electrons. The molecular weight excluding hydrogens is 530 g/mol. The van der Waals surface area contributed by atoms with Crippen molar-refractivity contribution in [2.24, 2.45) is 0 Å². The van der Waals surface area contributed by atoms with Crippen LogP contribution in [0.5, 0.6) is 0 Å². The topological polar surface area (TPSA) is 74.3 Å². The van der Waals surface area contributed by atoms with Crippen LogP contribution in [0, 0.1) is 6.92 Å². The lowest BCUT2D eigenvalue weighted by atomic mass is 10.1.